The predicted octanol–water partition coefficient (Wildman–Crippen LogP) is 13.4. The second-order valence-corrected chi connectivity index (χ2v) is 20.6. The molecule has 0 amide bonds. The maximum absolute atomic E-state index is 10.2. The summed E-state index contributed by atoms with van der Waals surface area (Å²) in [6, 6.07) is 18.9. The first kappa shape index (κ1) is 23.4. The monoisotopic (exact) mass is 937 g/mol. The molecule has 0 aliphatic rings. The van der Waals surface area contributed by atoms with E-state index in [0.29, 0.717) is 11.3 Å². The molecule has 13 aromatic rings. The average Bonchev–Trinajstić information content (AvgIpc) is 1.47. The van der Waals surface area contributed by atoms with Gasteiger partial charge in [-0.15, -0.1) is 11.3 Å². The van der Waals surface area contributed by atoms with Crippen LogP contribution in [0.15, 0.2) is 254 Å². The molecule has 13 rings (SSSR count). The van der Waals surface area contributed by atoms with Crippen LogP contribution in [0.3, 0.4) is 0 Å². The second-order valence-electron chi connectivity index (χ2n) is 15.8. The van der Waals surface area contributed by atoms with Crippen LogP contribution in [0.1, 0.15) is 31.5 Å². The lowest BCUT2D eigenvalue weighted by Crippen LogP contribution is -2.74. The van der Waals surface area contributed by atoms with Crippen LogP contribution < -0.4 is 20.7 Å². The maximum Gasteiger partial charge on any atom is 0.179 e. The fraction of sp³-hybridized carbons (Fsp3) is 0. The molecule has 69 heavy (non-hydrogen) atoms. The number of hydrogen-bond donors (Lipinski definition) is 0. The highest BCUT2D eigenvalue weighted by molar-refractivity contribution is 7.26. The standard InChI is InChI=1S/C63H42N4SSi/c1-4-24-46(25-5-1)69(47-26-6-2-7-27-47,48-28-8-3-9-29-48)49-30-19-23-45(42-49)62-64-61(44-22-18-21-43(41-44)50-35-20-36-54-53-33-13-17-40-59(53)68-60(50)54)65-63(66-62)55-34-12-16-39-58(55)67-56-37-14-10-31-51(56)52-32-11-15-38-57(52)67/h1-42H/i10D,11D,12D,13D,14D,15D,16D,17D,18D,20D,21D,22D,31D,32D,33D,34D,35D,36D,37D,38D,39D,40D,41D. The van der Waals surface area contributed by atoms with Crippen molar-refractivity contribution in [1.82, 2.24) is 19.5 Å². The Morgan fingerprint density at radius 3 is 1.58 bits per heavy atom. The van der Waals surface area contributed by atoms with Gasteiger partial charge in [-0.1, -0.05) is 218 Å². The molecule has 0 radical (unpaired) electrons. The van der Waals surface area contributed by atoms with Gasteiger partial charge < -0.3 is 4.57 Å². The van der Waals surface area contributed by atoms with E-state index < -0.39 is 208 Å². The summed E-state index contributed by atoms with van der Waals surface area (Å²) in [4.78, 5) is 14.7. The molecule has 0 spiro atoms. The summed E-state index contributed by atoms with van der Waals surface area (Å²) in [6.07, 6.45) is 0. The number of benzene rings is 10. The molecule has 0 aliphatic heterocycles. The summed E-state index contributed by atoms with van der Waals surface area (Å²) >= 11 is 0.709. The Bertz CT molecular complexity index is 5230. The molecular weight excluding hydrogens is 873 g/mol. The number of para-hydroxylation sites is 3. The summed E-state index contributed by atoms with van der Waals surface area (Å²) in [5, 5.41) is 2.41. The molecular formula is C63H42N4SSi. The quantitative estimate of drug-likeness (QED) is 0.107. The molecule has 3 aromatic heterocycles. The van der Waals surface area contributed by atoms with Crippen molar-refractivity contribution >= 4 is 82.1 Å². The van der Waals surface area contributed by atoms with E-state index in [0.717, 1.165) is 25.3 Å². The van der Waals surface area contributed by atoms with Crippen LogP contribution in [0.25, 0.3) is 93.0 Å². The Kier molecular flexibility index (Phi) is 5.76. The van der Waals surface area contributed by atoms with Gasteiger partial charge >= 0.3 is 0 Å². The first-order chi connectivity index (χ1) is 43.8. The highest BCUT2D eigenvalue weighted by atomic mass is 32.1. The molecule has 0 saturated heterocycles. The van der Waals surface area contributed by atoms with E-state index in [-0.39, 0.29) is 31.6 Å². The summed E-state index contributed by atoms with van der Waals surface area (Å²) in [7, 11) is -3.42. The van der Waals surface area contributed by atoms with Gasteiger partial charge in [-0.25, -0.2) is 15.0 Å². The summed E-state index contributed by atoms with van der Waals surface area (Å²) < 4.78 is 212. The van der Waals surface area contributed by atoms with Gasteiger partial charge in [0, 0.05) is 47.6 Å². The average molecular weight is 938 g/mol. The molecule has 4 nitrogen and oxygen atoms in total. The molecule has 0 saturated carbocycles. The molecule has 0 fully saturated rings. The van der Waals surface area contributed by atoms with E-state index in [1.54, 1.807) is 12.1 Å². The normalized spacial score (nSPS) is 16.4. The number of rotatable bonds is 9. The SMILES string of the molecule is [2H]c1c([2H])c(-c2nc(-c3cccc([Si](c4ccccc4)(c4ccccc4)c4ccccc4)c3)nc(-c3c([2H])c([2H])c([2H])c([2H])c3-n3c4c([2H])c([2H])c([2H])c([2H])c4c4c([2H])c([2H])c([2H])c([2H])c43)n2)c([2H])c(-c2c([2H])c([2H])c([2H])c3c2sc2c([2H])c([2H])c([2H])c([2H])c23)c1[2H]. The van der Waals surface area contributed by atoms with Crippen molar-refractivity contribution in [3.05, 3.63) is 254 Å². The fourth-order valence-electron chi connectivity index (χ4n) is 9.05. The molecule has 3 heterocycles. The summed E-state index contributed by atoms with van der Waals surface area (Å²) in [5.41, 5.74) is -3.77. The number of nitrogens with zero attached hydrogens (tertiary/aromatic N) is 4. The Morgan fingerprint density at radius 1 is 0.391 bits per heavy atom. The van der Waals surface area contributed by atoms with Crippen LogP contribution in [0.4, 0.5) is 0 Å². The van der Waals surface area contributed by atoms with Crippen molar-refractivity contribution in [2.24, 2.45) is 0 Å². The van der Waals surface area contributed by atoms with Crippen molar-refractivity contribution in [1.29, 1.82) is 0 Å². The molecule has 0 unspecified atom stereocenters. The van der Waals surface area contributed by atoms with Gasteiger partial charge in [0.25, 0.3) is 0 Å². The largest absolute Gasteiger partial charge is 0.309 e. The first-order valence-electron chi connectivity index (χ1n) is 33.0. The Balaban J connectivity index is 1.20. The summed E-state index contributed by atoms with van der Waals surface area (Å²) in [5.74, 6) is -1.61. The molecule has 10 aromatic carbocycles. The lowest BCUT2D eigenvalue weighted by Gasteiger charge is -2.34. The molecule has 0 bridgehead atoms. The summed E-state index contributed by atoms with van der Waals surface area (Å²) in [6.45, 7) is 0. The van der Waals surface area contributed by atoms with Gasteiger partial charge in [0.1, 0.15) is 0 Å². The van der Waals surface area contributed by atoms with Crippen LogP contribution >= 0.6 is 11.3 Å². The molecule has 0 aliphatic carbocycles. The van der Waals surface area contributed by atoms with Gasteiger partial charge in [-0.3, -0.25) is 0 Å². The number of thiophene rings is 1. The Morgan fingerprint density at radius 2 is 0.899 bits per heavy atom. The predicted molar refractivity (Wildman–Crippen MR) is 292 cm³/mol. The minimum absolute atomic E-state index is 0.0716. The highest BCUT2D eigenvalue weighted by Gasteiger charge is 2.41. The van der Waals surface area contributed by atoms with Gasteiger partial charge in [-0.05, 0) is 68.1 Å². The van der Waals surface area contributed by atoms with E-state index in [4.69, 9.17) is 32.8 Å². The lowest BCUT2D eigenvalue weighted by atomic mass is 10.0. The van der Waals surface area contributed by atoms with Crippen LogP contribution in [-0.2, 0) is 0 Å². The zero-order chi connectivity index (χ0) is 65.7. The van der Waals surface area contributed by atoms with E-state index >= 15 is 0 Å². The molecule has 0 atom stereocenters. The number of aromatic nitrogens is 4. The van der Waals surface area contributed by atoms with Crippen LogP contribution in [-0.4, -0.2) is 27.6 Å². The van der Waals surface area contributed by atoms with Gasteiger partial charge in [0.2, 0.25) is 0 Å². The van der Waals surface area contributed by atoms with Crippen LogP contribution in [0.5, 0.6) is 0 Å². The zero-order valence-corrected chi connectivity index (χ0v) is 37.5. The van der Waals surface area contributed by atoms with Gasteiger partial charge in [0.05, 0.1) is 48.2 Å². The number of hydrogen-bond acceptors (Lipinski definition) is 4. The van der Waals surface area contributed by atoms with Crippen molar-refractivity contribution in [2.45, 2.75) is 0 Å². The van der Waals surface area contributed by atoms with Crippen molar-refractivity contribution in [2.75, 3.05) is 0 Å². The smallest absolute Gasteiger partial charge is 0.179 e. The minimum atomic E-state index is -3.42. The van der Waals surface area contributed by atoms with Gasteiger partial charge in [0.15, 0.2) is 25.5 Å². The third kappa shape index (κ3) is 6.83. The van der Waals surface area contributed by atoms with Crippen LogP contribution in [0.2, 0.25) is 0 Å². The van der Waals surface area contributed by atoms with E-state index in [1.807, 2.05) is 103 Å². The molecule has 0 N–H and O–H groups in total. The maximum atomic E-state index is 10.2. The topological polar surface area (TPSA) is 43.6 Å². The zero-order valence-electron chi connectivity index (χ0n) is 58.7. The van der Waals surface area contributed by atoms with Crippen molar-refractivity contribution < 1.29 is 31.5 Å². The fourth-order valence-corrected chi connectivity index (χ4v) is 14.9. The third-order valence-electron chi connectivity index (χ3n) is 12.0. The van der Waals surface area contributed by atoms with E-state index in [1.165, 1.54) is 0 Å². The minimum Gasteiger partial charge on any atom is -0.309 e. The van der Waals surface area contributed by atoms with Gasteiger partial charge in [-0.2, -0.15) is 0 Å². The molecule has 324 valence electrons. The third-order valence-corrected chi connectivity index (χ3v) is 17.9. The van der Waals surface area contributed by atoms with Crippen LogP contribution in [0, 0.1) is 0 Å². The highest BCUT2D eigenvalue weighted by Crippen LogP contribution is 2.41. The van der Waals surface area contributed by atoms with E-state index in [2.05, 4.69) is 0 Å². The molecule has 6 heteroatoms. The lowest BCUT2D eigenvalue weighted by molar-refractivity contribution is 1.06. The van der Waals surface area contributed by atoms with Crippen molar-refractivity contribution in [3.8, 4) is 51.0 Å². The van der Waals surface area contributed by atoms with Crippen molar-refractivity contribution in [3.63, 3.8) is 0 Å². The number of fused-ring (bicyclic) bond motifs is 6. The first-order valence-corrected chi connectivity index (χ1v) is 24.3. The Hall–Kier alpha value is -8.55. The Labute approximate surface area is 437 Å². The second kappa shape index (κ2) is 17.0. The van der Waals surface area contributed by atoms with E-state index in [9.17, 15) is 13.7 Å².